The molecule has 0 aliphatic carbocycles. The number of para-hydroxylation sites is 1. The van der Waals surface area contributed by atoms with Gasteiger partial charge in [0.05, 0.1) is 6.04 Å². The number of aromatic nitrogens is 1. The van der Waals surface area contributed by atoms with E-state index in [0.717, 1.165) is 16.5 Å². The number of carboxylic acid groups (broad SMARTS) is 2. The summed E-state index contributed by atoms with van der Waals surface area (Å²) in [6.45, 7) is 1.74. The molecule has 3 amide bonds. The van der Waals surface area contributed by atoms with Crippen molar-refractivity contribution in [3.05, 3.63) is 36.0 Å². The third-order valence-electron chi connectivity index (χ3n) is 6.04. The smallest absolute Gasteiger partial charge is 0.326 e. The van der Waals surface area contributed by atoms with E-state index < -0.39 is 60.2 Å². The van der Waals surface area contributed by atoms with Gasteiger partial charge in [-0.15, -0.1) is 0 Å². The van der Waals surface area contributed by atoms with Crippen molar-refractivity contribution in [1.29, 1.82) is 0 Å². The lowest BCUT2D eigenvalue weighted by Gasteiger charge is -2.23. The quantitative estimate of drug-likeness (QED) is 0.131. The van der Waals surface area contributed by atoms with E-state index in [-0.39, 0.29) is 19.3 Å². The van der Waals surface area contributed by atoms with E-state index in [2.05, 4.69) is 20.9 Å². The predicted molar refractivity (Wildman–Crippen MR) is 139 cm³/mol. The second-order valence-corrected chi connectivity index (χ2v) is 9.08. The van der Waals surface area contributed by atoms with Crippen molar-refractivity contribution in [2.75, 3.05) is 6.54 Å². The molecule has 13 heteroatoms. The summed E-state index contributed by atoms with van der Waals surface area (Å²) in [6, 6.07) is 2.88. The molecule has 1 aromatic heterocycles. The van der Waals surface area contributed by atoms with E-state index in [1.54, 1.807) is 6.20 Å². The number of hydrogen-bond acceptors (Lipinski definition) is 7. The molecule has 0 bridgehead atoms. The monoisotopic (exact) mass is 532 g/mol. The summed E-state index contributed by atoms with van der Waals surface area (Å²) in [6.07, 6.45) is 2.52. The standard InChI is InChI=1S/C25H36N6O7/c1-14(22(34)31-20(25(37)38)8-4-5-11-26)29-24(36)19(9-10-21(32)33)30-23(35)17(27)12-15-13-28-18-7-3-2-6-16(15)18/h2-3,6-7,13-14,17,19-20,28H,4-5,8-12,26-27H2,1H3,(H,29,36)(H,30,35)(H,31,34)(H,32,33)(H,37,38). The van der Waals surface area contributed by atoms with Crippen molar-refractivity contribution < 1.29 is 34.2 Å². The lowest BCUT2D eigenvalue weighted by molar-refractivity contribution is -0.142. The molecular weight excluding hydrogens is 496 g/mol. The molecule has 0 saturated carbocycles. The van der Waals surface area contributed by atoms with Crippen molar-refractivity contribution in [2.45, 2.75) is 69.6 Å². The number of fused-ring (bicyclic) bond motifs is 1. The number of carboxylic acids is 2. The van der Waals surface area contributed by atoms with Gasteiger partial charge in [-0.3, -0.25) is 19.2 Å². The molecule has 13 nitrogen and oxygen atoms in total. The molecule has 0 aliphatic rings. The third-order valence-corrected chi connectivity index (χ3v) is 6.04. The van der Waals surface area contributed by atoms with Crippen molar-refractivity contribution in [1.82, 2.24) is 20.9 Å². The average molecular weight is 533 g/mol. The highest BCUT2D eigenvalue weighted by Gasteiger charge is 2.29. The van der Waals surface area contributed by atoms with Gasteiger partial charge in [-0.05, 0) is 57.2 Å². The number of nitrogens with two attached hydrogens (primary N) is 2. The van der Waals surface area contributed by atoms with Crippen molar-refractivity contribution >= 4 is 40.6 Å². The number of benzene rings is 1. The number of amides is 3. The number of carbonyl (C=O) groups is 5. The Morgan fingerprint density at radius 3 is 2.26 bits per heavy atom. The molecule has 208 valence electrons. The minimum atomic E-state index is -1.28. The Balaban J connectivity index is 2.01. The number of aromatic amines is 1. The lowest BCUT2D eigenvalue weighted by Crippen LogP contribution is -2.56. The van der Waals surface area contributed by atoms with Crippen molar-refractivity contribution in [3.8, 4) is 0 Å². The fraction of sp³-hybridized carbons (Fsp3) is 0.480. The Hall–Kier alpha value is -3.97. The van der Waals surface area contributed by atoms with Crippen LogP contribution in [0.2, 0.25) is 0 Å². The zero-order chi connectivity index (χ0) is 28.2. The van der Waals surface area contributed by atoms with E-state index in [1.165, 1.54) is 6.92 Å². The fourth-order valence-electron chi connectivity index (χ4n) is 3.87. The molecule has 2 aromatic rings. The van der Waals surface area contributed by atoms with Crippen LogP contribution in [-0.4, -0.2) is 75.6 Å². The largest absolute Gasteiger partial charge is 0.481 e. The van der Waals surface area contributed by atoms with E-state index in [9.17, 15) is 29.1 Å². The van der Waals surface area contributed by atoms with E-state index >= 15 is 0 Å². The Kier molecular flexibility index (Phi) is 11.7. The van der Waals surface area contributed by atoms with Crippen LogP contribution in [0.15, 0.2) is 30.5 Å². The summed E-state index contributed by atoms with van der Waals surface area (Å²) in [5.41, 5.74) is 13.2. The molecule has 0 radical (unpaired) electrons. The van der Waals surface area contributed by atoms with Crippen LogP contribution in [0.25, 0.3) is 10.9 Å². The van der Waals surface area contributed by atoms with Gasteiger partial charge in [0.2, 0.25) is 17.7 Å². The lowest BCUT2D eigenvalue weighted by atomic mass is 10.0. The first-order chi connectivity index (χ1) is 18.0. The van der Waals surface area contributed by atoms with Crippen molar-refractivity contribution in [2.24, 2.45) is 11.5 Å². The fourth-order valence-corrected chi connectivity index (χ4v) is 3.87. The van der Waals surface area contributed by atoms with Crippen LogP contribution in [-0.2, 0) is 30.4 Å². The minimum absolute atomic E-state index is 0.169. The van der Waals surface area contributed by atoms with Gasteiger partial charge < -0.3 is 42.6 Å². The number of carbonyl (C=O) groups excluding carboxylic acids is 3. The summed E-state index contributed by atoms with van der Waals surface area (Å²) in [5, 5.41) is 26.6. The molecule has 10 N–H and O–H groups in total. The van der Waals surface area contributed by atoms with Crippen LogP contribution in [0.5, 0.6) is 0 Å². The SMILES string of the molecule is CC(NC(=O)C(CCC(=O)O)NC(=O)C(N)Cc1c[nH]c2ccccc12)C(=O)NC(CCCCN)C(=O)O. The van der Waals surface area contributed by atoms with E-state index in [0.29, 0.717) is 19.4 Å². The van der Waals surface area contributed by atoms with Gasteiger partial charge in [-0.1, -0.05) is 18.2 Å². The highest BCUT2D eigenvalue weighted by atomic mass is 16.4. The van der Waals surface area contributed by atoms with E-state index in [1.807, 2.05) is 24.3 Å². The summed E-state index contributed by atoms with van der Waals surface area (Å²) >= 11 is 0. The first-order valence-electron chi connectivity index (χ1n) is 12.4. The number of H-pyrrole nitrogens is 1. The average Bonchev–Trinajstić information content (AvgIpc) is 3.28. The first kappa shape index (κ1) is 30.3. The molecule has 4 atom stereocenters. The second-order valence-electron chi connectivity index (χ2n) is 9.08. The zero-order valence-corrected chi connectivity index (χ0v) is 21.2. The van der Waals surface area contributed by atoms with Gasteiger partial charge in [0.15, 0.2) is 0 Å². The van der Waals surface area contributed by atoms with Gasteiger partial charge in [0.1, 0.15) is 18.1 Å². The highest BCUT2D eigenvalue weighted by Crippen LogP contribution is 2.18. The maximum atomic E-state index is 12.9. The molecule has 38 heavy (non-hydrogen) atoms. The van der Waals surface area contributed by atoms with Gasteiger partial charge in [0, 0.05) is 23.5 Å². The summed E-state index contributed by atoms with van der Waals surface area (Å²) in [4.78, 5) is 63.8. The third kappa shape index (κ3) is 9.16. The number of rotatable bonds is 16. The van der Waals surface area contributed by atoms with E-state index in [4.69, 9.17) is 16.6 Å². The molecule has 4 unspecified atom stereocenters. The van der Waals surface area contributed by atoms with Gasteiger partial charge >= 0.3 is 11.9 Å². The molecule has 2 rings (SSSR count). The molecule has 0 fully saturated rings. The van der Waals surface area contributed by atoms with Crippen LogP contribution in [0.4, 0.5) is 0 Å². The van der Waals surface area contributed by atoms with Gasteiger partial charge in [0.25, 0.3) is 0 Å². The van der Waals surface area contributed by atoms with Crippen LogP contribution in [0, 0.1) is 0 Å². The number of nitrogens with one attached hydrogen (secondary N) is 4. The topological polar surface area (TPSA) is 230 Å². The maximum Gasteiger partial charge on any atom is 0.326 e. The predicted octanol–water partition coefficient (Wildman–Crippen LogP) is -0.410. The molecule has 1 aromatic carbocycles. The van der Waals surface area contributed by atoms with Crippen LogP contribution in [0.3, 0.4) is 0 Å². The van der Waals surface area contributed by atoms with Crippen LogP contribution in [0.1, 0.15) is 44.6 Å². The summed E-state index contributed by atoms with van der Waals surface area (Å²) in [7, 11) is 0. The Labute approximate surface area is 219 Å². The molecule has 1 heterocycles. The zero-order valence-electron chi connectivity index (χ0n) is 21.2. The number of hydrogen-bond donors (Lipinski definition) is 8. The van der Waals surface area contributed by atoms with Crippen LogP contribution >= 0.6 is 0 Å². The Morgan fingerprint density at radius 1 is 0.921 bits per heavy atom. The van der Waals surface area contributed by atoms with Crippen LogP contribution < -0.4 is 27.4 Å². The number of unbranched alkanes of at least 4 members (excludes halogenated alkanes) is 1. The first-order valence-corrected chi connectivity index (χ1v) is 12.4. The molecular formula is C25H36N6O7. The minimum Gasteiger partial charge on any atom is -0.481 e. The summed E-state index contributed by atoms with van der Waals surface area (Å²) in [5.74, 6) is -4.59. The van der Waals surface area contributed by atoms with Gasteiger partial charge in [-0.25, -0.2) is 4.79 Å². The number of aliphatic carboxylic acids is 2. The Morgan fingerprint density at radius 2 is 1.61 bits per heavy atom. The molecule has 0 aliphatic heterocycles. The van der Waals surface area contributed by atoms with Crippen molar-refractivity contribution in [3.63, 3.8) is 0 Å². The molecule has 0 saturated heterocycles. The normalized spacial score (nSPS) is 14.2. The second kappa shape index (κ2) is 14.7. The highest BCUT2D eigenvalue weighted by molar-refractivity contribution is 5.94. The molecule has 0 spiro atoms. The van der Waals surface area contributed by atoms with Gasteiger partial charge in [-0.2, -0.15) is 0 Å². The summed E-state index contributed by atoms with van der Waals surface area (Å²) < 4.78 is 0. The maximum absolute atomic E-state index is 12.9. The Bertz CT molecular complexity index is 1130.